The molecule has 0 aromatic carbocycles. The minimum absolute atomic E-state index is 0.844. The highest BCUT2D eigenvalue weighted by Crippen LogP contribution is 2.09. The Morgan fingerprint density at radius 3 is 2.60 bits per heavy atom. The Bertz CT molecular complexity index is 188. The number of pyridine rings is 1. The second kappa shape index (κ2) is 3.56. The van der Waals surface area contributed by atoms with Gasteiger partial charge in [0, 0.05) is 25.1 Å². The zero-order valence-corrected chi connectivity index (χ0v) is 7.37. The highest BCUT2D eigenvalue weighted by molar-refractivity contribution is 9.09. The molecule has 0 aliphatic heterocycles. The third-order valence-electron chi connectivity index (χ3n) is 1.28. The zero-order valence-electron chi connectivity index (χ0n) is 5.79. The summed E-state index contributed by atoms with van der Waals surface area (Å²) in [4.78, 5) is 6.01. The molecule has 0 atom stereocenters. The van der Waals surface area contributed by atoms with E-state index in [1.54, 1.807) is 12.4 Å². The third-order valence-corrected chi connectivity index (χ3v) is 2.04. The number of hydrogen-bond acceptors (Lipinski definition) is 2. The van der Waals surface area contributed by atoms with Crippen molar-refractivity contribution < 1.29 is 0 Å². The van der Waals surface area contributed by atoms with Gasteiger partial charge in [-0.25, -0.2) is 0 Å². The van der Waals surface area contributed by atoms with Gasteiger partial charge in [0.1, 0.15) is 0 Å². The molecule has 0 saturated heterocycles. The summed E-state index contributed by atoms with van der Waals surface area (Å²) in [5, 5.41) is 0. The Hall–Kier alpha value is -0.570. The molecule has 0 spiro atoms. The van der Waals surface area contributed by atoms with Gasteiger partial charge in [0.15, 0.2) is 0 Å². The Labute approximate surface area is 69.0 Å². The molecule has 0 N–H and O–H groups in total. The smallest absolute Gasteiger partial charge is 0.0732 e. The summed E-state index contributed by atoms with van der Waals surface area (Å²) in [5.41, 5.74) is 2.02. The molecule has 54 valence electrons. The Morgan fingerprint density at radius 1 is 1.50 bits per heavy atom. The van der Waals surface area contributed by atoms with Crippen LogP contribution < -0.4 is 4.90 Å². The van der Waals surface area contributed by atoms with Crippen LogP contribution in [-0.4, -0.2) is 17.5 Å². The van der Waals surface area contributed by atoms with Crippen molar-refractivity contribution in [3.8, 4) is 0 Å². The second-order valence-electron chi connectivity index (χ2n) is 2.02. The SMILES string of the molecule is CN(CBr)c1ccncc1. The van der Waals surface area contributed by atoms with Crippen LogP contribution in [0.3, 0.4) is 0 Å². The van der Waals surface area contributed by atoms with Crippen molar-refractivity contribution in [3.05, 3.63) is 24.5 Å². The molecule has 3 heteroatoms. The number of alkyl halides is 1. The number of halogens is 1. The van der Waals surface area contributed by atoms with E-state index < -0.39 is 0 Å². The van der Waals surface area contributed by atoms with E-state index in [4.69, 9.17) is 0 Å². The van der Waals surface area contributed by atoms with Crippen molar-refractivity contribution in [2.45, 2.75) is 0 Å². The lowest BCUT2D eigenvalue weighted by Gasteiger charge is -2.14. The van der Waals surface area contributed by atoms with Crippen LogP contribution in [0, 0.1) is 0 Å². The number of rotatable bonds is 2. The van der Waals surface area contributed by atoms with Gasteiger partial charge in [0.05, 0.1) is 5.45 Å². The van der Waals surface area contributed by atoms with Crippen molar-refractivity contribution in [3.63, 3.8) is 0 Å². The summed E-state index contributed by atoms with van der Waals surface area (Å²) in [5.74, 6) is 0. The fourth-order valence-electron chi connectivity index (χ4n) is 0.668. The molecule has 1 aromatic heterocycles. The lowest BCUT2D eigenvalue weighted by atomic mass is 10.4. The van der Waals surface area contributed by atoms with E-state index in [-0.39, 0.29) is 0 Å². The van der Waals surface area contributed by atoms with Gasteiger partial charge in [-0.3, -0.25) is 4.98 Å². The van der Waals surface area contributed by atoms with E-state index >= 15 is 0 Å². The fraction of sp³-hybridized carbons (Fsp3) is 0.286. The maximum Gasteiger partial charge on any atom is 0.0732 e. The van der Waals surface area contributed by atoms with Gasteiger partial charge < -0.3 is 4.90 Å². The van der Waals surface area contributed by atoms with Crippen LogP contribution in [0.2, 0.25) is 0 Å². The maximum atomic E-state index is 3.92. The normalized spacial score (nSPS) is 9.40. The van der Waals surface area contributed by atoms with Crippen LogP contribution in [-0.2, 0) is 0 Å². The van der Waals surface area contributed by atoms with Crippen LogP contribution in [0.5, 0.6) is 0 Å². The molecule has 0 aliphatic rings. The summed E-state index contributed by atoms with van der Waals surface area (Å²) in [6.45, 7) is 0. The average Bonchev–Trinajstić information content (AvgIpc) is 2.05. The molecule has 0 amide bonds. The number of hydrogen-bond donors (Lipinski definition) is 0. The molecule has 1 rings (SSSR count). The Balaban J connectivity index is 2.75. The maximum absolute atomic E-state index is 3.92. The standard InChI is InChI=1S/C7H9BrN2/c1-10(6-8)7-2-4-9-5-3-7/h2-5H,6H2,1H3. The third kappa shape index (κ3) is 1.70. The number of aromatic nitrogens is 1. The average molecular weight is 201 g/mol. The summed E-state index contributed by atoms with van der Waals surface area (Å²) in [7, 11) is 2.02. The van der Waals surface area contributed by atoms with Crippen LogP contribution in [0.1, 0.15) is 0 Å². The number of anilines is 1. The van der Waals surface area contributed by atoms with Crippen LogP contribution >= 0.6 is 15.9 Å². The van der Waals surface area contributed by atoms with Gasteiger partial charge in [-0.1, -0.05) is 15.9 Å². The van der Waals surface area contributed by atoms with Crippen LogP contribution in [0.15, 0.2) is 24.5 Å². The molecular formula is C7H9BrN2. The Kier molecular flexibility index (Phi) is 2.68. The van der Waals surface area contributed by atoms with E-state index in [0.717, 1.165) is 5.45 Å². The molecule has 0 saturated carbocycles. The van der Waals surface area contributed by atoms with Crippen molar-refractivity contribution in [1.82, 2.24) is 4.98 Å². The van der Waals surface area contributed by atoms with E-state index in [1.165, 1.54) is 5.69 Å². The van der Waals surface area contributed by atoms with Crippen molar-refractivity contribution in [1.29, 1.82) is 0 Å². The highest BCUT2D eigenvalue weighted by Gasteiger charge is 1.94. The quantitative estimate of drug-likeness (QED) is 0.536. The first-order valence-electron chi connectivity index (χ1n) is 3.01. The highest BCUT2D eigenvalue weighted by atomic mass is 79.9. The molecule has 0 fully saturated rings. The molecule has 1 heterocycles. The van der Waals surface area contributed by atoms with E-state index in [1.807, 2.05) is 19.2 Å². The second-order valence-corrected chi connectivity index (χ2v) is 2.52. The van der Waals surface area contributed by atoms with Crippen molar-refractivity contribution in [2.75, 3.05) is 17.4 Å². The van der Waals surface area contributed by atoms with Crippen molar-refractivity contribution >= 4 is 21.6 Å². The van der Waals surface area contributed by atoms with Gasteiger partial charge >= 0.3 is 0 Å². The molecule has 1 aromatic rings. The lowest BCUT2D eigenvalue weighted by molar-refractivity contribution is 1.10. The molecule has 0 aliphatic carbocycles. The first kappa shape index (κ1) is 7.54. The first-order valence-corrected chi connectivity index (χ1v) is 4.14. The molecular weight excluding hydrogens is 192 g/mol. The predicted molar refractivity (Wildman–Crippen MR) is 46.4 cm³/mol. The largest absolute Gasteiger partial charge is 0.365 e. The molecule has 0 radical (unpaired) electrons. The van der Waals surface area contributed by atoms with Crippen LogP contribution in [0.4, 0.5) is 5.69 Å². The number of nitrogens with zero attached hydrogens (tertiary/aromatic N) is 2. The fourth-order valence-corrected chi connectivity index (χ4v) is 0.957. The monoisotopic (exact) mass is 200 g/mol. The molecule has 10 heavy (non-hydrogen) atoms. The molecule has 0 bridgehead atoms. The Morgan fingerprint density at radius 2 is 2.10 bits per heavy atom. The van der Waals surface area contributed by atoms with Gasteiger partial charge in [-0.05, 0) is 12.1 Å². The zero-order chi connectivity index (χ0) is 7.40. The van der Waals surface area contributed by atoms with Crippen molar-refractivity contribution in [2.24, 2.45) is 0 Å². The van der Waals surface area contributed by atoms with Gasteiger partial charge in [-0.2, -0.15) is 0 Å². The van der Waals surface area contributed by atoms with Gasteiger partial charge in [0.2, 0.25) is 0 Å². The minimum atomic E-state index is 0.844. The summed E-state index contributed by atoms with van der Waals surface area (Å²) in [6, 6.07) is 3.95. The van der Waals surface area contributed by atoms with Gasteiger partial charge in [0.25, 0.3) is 0 Å². The van der Waals surface area contributed by atoms with E-state index in [9.17, 15) is 0 Å². The lowest BCUT2D eigenvalue weighted by Crippen LogP contribution is -2.13. The molecule has 2 nitrogen and oxygen atoms in total. The predicted octanol–water partition coefficient (Wildman–Crippen LogP) is 1.87. The van der Waals surface area contributed by atoms with E-state index in [0.29, 0.717) is 0 Å². The first-order chi connectivity index (χ1) is 4.84. The summed E-state index contributed by atoms with van der Waals surface area (Å²) in [6.07, 6.45) is 3.57. The minimum Gasteiger partial charge on any atom is -0.365 e. The van der Waals surface area contributed by atoms with Gasteiger partial charge in [-0.15, -0.1) is 0 Å². The molecule has 0 unspecified atom stereocenters. The summed E-state index contributed by atoms with van der Waals surface area (Å²) >= 11 is 3.36. The topological polar surface area (TPSA) is 16.1 Å². The van der Waals surface area contributed by atoms with E-state index in [2.05, 4.69) is 25.8 Å². The van der Waals surface area contributed by atoms with Crippen LogP contribution in [0.25, 0.3) is 0 Å². The summed E-state index contributed by atoms with van der Waals surface area (Å²) < 4.78 is 0.